The molecule has 3 rings (SSSR count). The van der Waals surface area contributed by atoms with Gasteiger partial charge in [0, 0.05) is 17.8 Å². The fourth-order valence-corrected chi connectivity index (χ4v) is 2.77. The Balaban J connectivity index is 2.30. The van der Waals surface area contributed by atoms with Gasteiger partial charge in [0.05, 0.1) is 5.69 Å². The molecule has 0 aliphatic heterocycles. The molecule has 0 atom stereocenters. The molecule has 3 nitrogen and oxygen atoms in total. The van der Waals surface area contributed by atoms with Gasteiger partial charge >= 0.3 is 0 Å². The minimum absolute atomic E-state index is 0.875. The van der Waals surface area contributed by atoms with Crippen molar-refractivity contribution in [3.63, 3.8) is 0 Å². The first-order valence-electron chi connectivity index (χ1n) is 4.38. The smallest absolute Gasteiger partial charge is 0.141 e. The lowest BCUT2D eigenvalue weighted by Crippen LogP contribution is -1.89. The molecule has 74 valence electrons. The van der Waals surface area contributed by atoms with Crippen LogP contribution in [0.15, 0.2) is 40.6 Å². The minimum Gasteiger partial charge on any atom is -0.297 e. The summed E-state index contributed by atoms with van der Waals surface area (Å²) in [4.78, 5) is 8.64. The maximum Gasteiger partial charge on any atom is 0.141 e. The van der Waals surface area contributed by atoms with Gasteiger partial charge in [0.2, 0.25) is 0 Å². The van der Waals surface area contributed by atoms with Crippen molar-refractivity contribution in [2.45, 2.75) is 0 Å². The summed E-state index contributed by atoms with van der Waals surface area (Å²) >= 11 is 4.97. The van der Waals surface area contributed by atoms with Gasteiger partial charge in [-0.25, -0.2) is 9.97 Å². The number of nitrogens with zero attached hydrogens (tertiary/aromatic N) is 3. The zero-order valence-corrected chi connectivity index (χ0v) is 9.99. The summed E-state index contributed by atoms with van der Waals surface area (Å²) < 4.78 is 2.91. The zero-order valence-electron chi connectivity index (χ0n) is 7.59. The molecule has 0 amide bonds. The van der Waals surface area contributed by atoms with Crippen LogP contribution >= 0.6 is 27.3 Å². The van der Waals surface area contributed by atoms with Gasteiger partial charge in [0.15, 0.2) is 0 Å². The molecule has 0 aliphatic rings. The largest absolute Gasteiger partial charge is 0.297 e. The van der Waals surface area contributed by atoms with Gasteiger partial charge in [0.25, 0.3) is 0 Å². The second-order valence-corrected chi connectivity index (χ2v) is 4.71. The summed E-state index contributed by atoms with van der Waals surface area (Å²) in [7, 11) is 0. The molecule has 5 heteroatoms. The van der Waals surface area contributed by atoms with Gasteiger partial charge in [-0.2, -0.15) is 0 Å². The average Bonchev–Trinajstić information content (AvgIpc) is 2.84. The number of pyridine rings is 1. The highest BCUT2D eigenvalue weighted by Gasteiger charge is 2.06. The third-order valence-corrected chi connectivity index (χ3v) is 3.70. The summed E-state index contributed by atoms with van der Waals surface area (Å²) in [6.07, 6.45) is 3.74. The highest BCUT2D eigenvalue weighted by Crippen LogP contribution is 2.26. The molecule has 0 radical (unpaired) electrons. The summed E-state index contributed by atoms with van der Waals surface area (Å²) in [6.45, 7) is 0. The molecule has 0 saturated heterocycles. The predicted octanol–water partition coefficient (Wildman–Crippen LogP) is 3.22. The van der Waals surface area contributed by atoms with Gasteiger partial charge in [-0.1, -0.05) is 6.07 Å². The fourth-order valence-electron chi connectivity index (χ4n) is 1.49. The summed E-state index contributed by atoms with van der Waals surface area (Å²) in [5, 5.41) is 2.97. The van der Waals surface area contributed by atoms with Crippen molar-refractivity contribution in [2.24, 2.45) is 0 Å². The van der Waals surface area contributed by atoms with Crippen LogP contribution in [0, 0.1) is 0 Å². The Morgan fingerprint density at radius 2 is 2.27 bits per heavy atom. The van der Waals surface area contributed by atoms with Crippen LogP contribution in [0.5, 0.6) is 0 Å². The maximum atomic E-state index is 4.40. The van der Waals surface area contributed by atoms with E-state index in [4.69, 9.17) is 0 Å². The molecule has 15 heavy (non-hydrogen) atoms. The van der Waals surface area contributed by atoms with E-state index in [1.165, 1.54) is 0 Å². The minimum atomic E-state index is 0.875. The van der Waals surface area contributed by atoms with Crippen molar-refractivity contribution in [1.29, 1.82) is 0 Å². The van der Waals surface area contributed by atoms with Crippen molar-refractivity contribution >= 4 is 32.9 Å². The Bertz CT molecular complexity index is 614. The zero-order chi connectivity index (χ0) is 10.3. The first kappa shape index (κ1) is 9.06. The fraction of sp³-hybridized carbons (Fsp3) is 0. The molecular weight excluding hydrogens is 274 g/mol. The van der Waals surface area contributed by atoms with Gasteiger partial charge < -0.3 is 0 Å². The number of rotatable bonds is 1. The molecule has 0 aliphatic carbocycles. The summed E-state index contributed by atoms with van der Waals surface area (Å²) in [5.74, 6) is 0. The van der Waals surface area contributed by atoms with Crippen LogP contribution in [0.1, 0.15) is 0 Å². The van der Waals surface area contributed by atoms with E-state index in [2.05, 4.69) is 25.9 Å². The number of imidazole rings is 1. The molecule has 0 aromatic carbocycles. The van der Waals surface area contributed by atoms with Crippen molar-refractivity contribution < 1.29 is 0 Å². The Labute approximate surface area is 98.6 Å². The quantitative estimate of drug-likeness (QED) is 0.685. The Morgan fingerprint density at radius 3 is 3.07 bits per heavy atom. The van der Waals surface area contributed by atoms with E-state index in [1.54, 1.807) is 17.5 Å². The van der Waals surface area contributed by atoms with Gasteiger partial charge in [-0.3, -0.25) is 4.40 Å². The molecule has 0 fully saturated rings. The normalized spacial score (nSPS) is 11.0. The summed E-state index contributed by atoms with van der Waals surface area (Å²) in [5.41, 5.74) is 2.01. The van der Waals surface area contributed by atoms with Crippen molar-refractivity contribution in [2.75, 3.05) is 0 Å². The number of halogens is 1. The number of thiazole rings is 1. The van der Waals surface area contributed by atoms with Crippen LogP contribution < -0.4 is 0 Å². The molecule has 3 heterocycles. The Hall–Kier alpha value is -1.20. The second kappa shape index (κ2) is 3.43. The Kier molecular flexibility index (Phi) is 2.07. The molecule has 0 spiro atoms. The van der Waals surface area contributed by atoms with Crippen molar-refractivity contribution in [3.8, 4) is 10.7 Å². The van der Waals surface area contributed by atoms with Crippen molar-refractivity contribution in [3.05, 3.63) is 40.6 Å². The molecule has 0 N–H and O–H groups in total. The second-order valence-electron chi connectivity index (χ2n) is 3.04. The van der Waals surface area contributed by atoms with Crippen LogP contribution in [-0.4, -0.2) is 14.4 Å². The number of fused-ring (bicyclic) bond motifs is 1. The van der Waals surface area contributed by atoms with Crippen LogP contribution in [0.25, 0.3) is 16.3 Å². The average molecular weight is 280 g/mol. The van der Waals surface area contributed by atoms with Crippen LogP contribution in [0.3, 0.4) is 0 Å². The highest BCUT2D eigenvalue weighted by atomic mass is 79.9. The number of aromatic nitrogens is 3. The van der Waals surface area contributed by atoms with Crippen LogP contribution in [-0.2, 0) is 0 Å². The maximum absolute atomic E-state index is 4.40. The monoisotopic (exact) mass is 279 g/mol. The van der Waals surface area contributed by atoms with Gasteiger partial charge in [-0.05, 0) is 28.1 Å². The van der Waals surface area contributed by atoms with Crippen LogP contribution in [0.2, 0.25) is 0 Å². The van der Waals surface area contributed by atoms with E-state index in [1.807, 2.05) is 34.2 Å². The molecule has 0 unspecified atom stereocenters. The Morgan fingerprint density at radius 1 is 1.33 bits per heavy atom. The highest BCUT2D eigenvalue weighted by molar-refractivity contribution is 9.10. The van der Waals surface area contributed by atoms with E-state index in [9.17, 15) is 0 Å². The van der Waals surface area contributed by atoms with E-state index < -0.39 is 0 Å². The molecule has 3 aromatic heterocycles. The molecule has 0 saturated carbocycles. The third kappa shape index (κ3) is 1.48. The standard InChI is InChI=1S/C10H6BrN3S/c11-8-6-15-10(13-8)7-2-1-3-9-12-4-5-14(7)9/h1-6H. The molecule has 0 bridgehead atoms. The number of hydrogen-bond acceptors (Lipinski definition) is 3. The predicted molar refractivity (Wildman–Crippen MR) is 64.0 cm³/mol. The van der Waals surface area contributed by atoms with E-state index in [-0.39, 0.29) is 0 Å². The SMILES string of the molecule is Brc1csc(-c2cccc3nccn23)n1. The van der Waals surface area contributed by atoms with Crippen LogP contribution in [0.4, 0.5) is 0 Å². The number of hydrogen-bond donors (Lipinski definition) is 0. The molecular formula is C10H6BrN3S. The topological polar surface area (TPSA) is 30.2 Å². The van der Waals surface area contributed by atoms with Gasteiger partial charge in [0.1, 0.15) is 15.3 Å². The first-order chi connectivity index (χ1) is 7.34. The lowest BCUT2D eigenvalue weighted by Gasteiger charge is -2.00. The third-order valence-electron chi connectivity index (χ3n) is 2.12. The van der Waals surface area contributed by atoms with E-state index in [0.29, 0.717) is 0 Å². The lowest BCUT2D eigenvalue weighted by atomic mass is 10.3. The molecule has 3 aromatic rings. The van der Waals surface area contributed by atoms with Gasteiger partial charge in [-0.15, -0.1) is 11.3 Å². The lowest BCUT2D eigenvalue weighted by molar-refractivity contribution is 1.18. The van der Waals surface area contributed by atoms with E-state index >= 15 is 0 Å². The van der Waals surface area contributed by atoms with E-state index in [0.717, 1.165) is 21.0 Å². The first-order valence-corrected chi connectivity index (χ1v) is 6.05. The van der Waals surface area contributed by atoms with Crippen molar-refractivity contribution in [1.82, 2.24) is 14.4 Å². The summed E-state index contributed by atoms with van der Waals surface area (Å²) in [6, 6.07) is 6.01.